The van der Waals surface area contributed by atoms with Gasteiger partial charge in [-0.05, 0) is 31.5 Å². The molecular formula is C17H22Cl2N2O2. The Morgan fingerprint density at radius 2 is 1.87 bits per heavy atom. The fourth-order valence-electron chi connectivity index (χ4n) is 3.35. The fraction of sp³-hybridized carbons (Fsp3) is 0.588. The number of ether oxygens (including phenoxy) is 1. The molecule has 0 radical (unpaired) electrons. The Hall–Kier alpha value is -0.810. The van der Waals surface area contributed by atoms with Gasteiger partial charge >= 0.3 is 0 Å². The van der Waals surface area contributed by atoms with Crippen LogP contribution in [0, 0.1) is 5.92 Å². The maximum absolute atomic E-state index is 12.7. The molecule has 0 bridgehead atoms. The van der Waals surface area contributed by atoms with Gasteiger partial charge in [0, 0.05) is 41.8 Å². The quantitative estimate of drug-likeness (QED) is 0.834. The first-order valence-corrected chi connectivity index (χ1v) is 8.92. The highest BCUT2D eigenvalue weighted by atomic mass is 35.5. The highest BCUT2D eigenvalue weighted by Gasteiger charge is 2.30. The molecule has 1 atom stereocenters. The minimum Gasteiger partial charge on any atom is -0.378 e. The van der Waals surface area contributed by atoms with Gasteiger partial charge in [0.1, 0.15) is 0 Å². The SMILES string of the molecule is O=C(C1CCCN(Cc2c(Cl)cccc2Cl)C1)N1CCOCC1. The van der Waals surface area contributed by atoms with Gasteiger partial charge in [0.15, 0.2) is 0 Å². The Labute approximate surface area is 147 Å². The Bertz CT molecular complexity index is 541. The van der Waals surface area contributed by atoms with E-state index in [0.717, 1.165) is 31.5 Å². The van der Waals surface area contributed by atoms with Crippen LogP contribution in [0.4, 0.5) is 0 Å². The normalized spacial score (nSPS) is 23.0. The second-order valence-corrected chi connectivity index (χ2v) is 7.03. The zero-order valence-electron chi connectivity index (χ0n) is 13.1. The van der Waals surface area contributed by atoms with Crippen LogP contribution in [0.1, 0.15) is 18.4 Å². The third-order valence-corrected chi connectivity index (χ3v) is 5.33. The molecule has 0 saturated carbocycles. The number of piperidine rings is 1. The topological polar surface area (TPSA) is 32.8 Å². The summed E-state index contributed by atoms with van der Waals surface area (Å²) in [5.74, 6) is 0.339. The van der Waals surface area contributed by atoms with Gasteiger partial charge in [-0.15, -0.1) is 0 Å². The van der Waals surface area contributed by atoms with Gasteiger partial charge in [-0.1, -0.05) is 29.3 Å². The zero-order chi connectivity index (χ0) is 16.2. The largest absolute Gasteiger partial charge is 0.378 e. The van der Waals surface area contributed by atoms with Crippen molar-refractivity contribution in [2.75, 3.05) is 39.4 Å². The van der Waals surface area contributed by atoms with Crippen LogP contribution in [0.15, 0.2) is 18.2 Å². The van der Waals surface area contributed by atoms with E-state index in [9.17, 15) is 4.79 Å². The lowest BCUT2D eigenvalue weighted by Crippen LogP contribution is -2.48. The molecule has 0 N–H and O–H groups in total. The molecule has 2 fully saturated rings. The van der Waals surface area contributed by atoms with Gasteiger partial charge in [-0.2, -0.15) is 0 Å². The zero-order valence-corrected chi connectivity index (χ0v) is 14.7. The summed E-state index contributed by atoms with van der Waals surface area (Å²) < 4.78 is 5.33. The number of carbonyl (C=O) groups excluding carboxylic acids is 1. The number of amides is 1. The molecule has 2 saturated heterocycles. The average molecular weight is 357 g/mol. The molecule has 0 aliphatic carbocycles. The van der Waals surface area contributed by atoms with Gasteiger partial charge in [-0.25, -0.2) is 0 Å². The second-order valence-electron chi connectivity index (χ2n) is 6.21. The first-order valence-electron chi connectivity index (χ1n) is 8.17. The monoisotopic (exact) mass is 356 g/mol. The van der Waals surface area contributed by atoms with Crippen molar-refractivity contribution in [3.63, 3.8) is 0 Å². The Morgan fingerprint density at radius 3 is 2.57 bits per heavy atom. The molecule has 1 aromatic carbocycles. The van der Waals surface area contributed by atoms with Crippen LogP contribution in [-0.4, -0.2) is 55.1 Å². The van der Waals surface area contributed by atoms with Crippen LogP contribution in [0.3, 0.4) is 0 Å². The maximum atomic E-state index is 12.7. The third kappa shape index (κ3) is 4.18. The van der Waals surface area contributed by atoms with E-state index < -0.39 is 0 Å². The van der Waals surface area contributed by atoms with Gasteiger partial charge < -0.3 is 9.64 Å². The van der Waals surface area contributed by atoms with Crippen molar-refractivity contribution in [1.29, 1.82) is 0 Å². The number of hydrogen-bond donors (Lipinski definition) is 0. The lowest BCUT2D eigenvalue weighted by atomic mass is 9.96. The summed E-state index contributed by atoms with van der Waals surface area (Å²) in [7, 11) is 0. The van der Waals surface area contributed by atoms with E-state index >= 15 is 0 Å². The molecule has 23 heavy (non-hydrogen) atoms. The molecule has 0 aromatic heterocycles. The molecule has 1 amide bonds. The summed E-state index contributed by atoms with van der Waals surface area (Å²) in [4.78, 5) is 16.9. The number of nitrogens with zero attached hydrogens (tertiary/aromatic N) is 2. The first kappa shape index (κ1) is 17.0. The van der Waals surface area contributed by atoms with Gasteiger partial charge in [0.25, 0.3) is 0 Å². The summed E-state index contributed by atoms with van der Waals surface area (Å²) >= 11 is 12.5. The number of likely N-dealkylation sites (tertiary alicyclic amines) is 1. The molecule has 6 heteroatoms. The smallest absolute Gasteiger partial charge is 0.227 e. The van der Waals surface area contributed by atoms with E-state index in [-0.39, 0.29) is 11.8 Å². The predicted octanol–water partition coefficient (Wildman–Crippen LogP) is 3.06. The van der Waals surface area contributed by atoms with Crippen molar-refractivity contribution in [1.82, 2.24) is 9.80 Å². The lowest BCUT2D eigenvalue weighted by molar-refractivity contribution is -0.141. The van der Waals surface area contributed by atoms with E-state index in [1.165, 1.54) is 0 Å². The Morgan fingerprint density at radius 1 is 1.17 bits per heavy atom. The van der Waals surface area contributed by atoms with Crippen molar-refractivity contribution < 1.29 is 9.53 Å². The molecule has 0 spiro atoms. The van der Waals surface area contributed by atoms with Crippen LogP contribution in [0.25, 0.3) is 0 Å². The van der Waals surface area contributed by atoms with Crippen molar-refractivity contribution in [3.8, 4) is 0 Å². The minimum absolute atomic E-state index is 0.0723. The van der Waals surface area contributed by atoms with E-state index in [4.69, 9.17) is 27.9 Å². The molecule has 4 nitrogen and oxygen atoms in total. The van der Waals surface area contributed by atoms with E-state index in [0.29, 0.717) is 42.9 Å². The van der Waals surface area contributed by atoms with E-state index in [2.05, 4.69) is 4.90 Å². The summed E-state index contributed by atoms with van der Waals surface area (Å²) in [5.41, 5.74) is 0.954. The second kappa shape index (κ2) is 7.84. The van der Waals surface area contributed by atoms with E-state index in [1.807, 2.05) is 23.1 Å². The number of morpholine rings is 1. The predicted molar refractivity (Wildman–Crippen MR) is 91.9 cm³/mol. The number of halogens is 2. The van der Waals surface area contributed by atoms with Gasteiger partial charge in [0.05, 0.1) is 19.1 Å². The molecule has 126 valence electrons. The third-order valence-electron chi connectivity index (χ3n) is 4.62. The Balaban J connectivity index is 1.63. The number of benzene rings is 1. The van der Waals surface area contributed by atoms with Crippen molar-refractivity contribution >= 4 is 29.1 Å². The average Bonchev–Trinajstić information content (AvgIpc) is 2.59. The number of carbonyl (C=O) groups is 1. The standard InChI is InChI=1S/C17H22Cl2N2O2/c18-15-4-1-5-16(19)14(15)12-20-6-2-3-13(11-20)17(22)21-7-9-23-10-8-21/h1,4-5,13H,2-3,6-12H2. The highest BCUT2D eigenvalue weighted by molar-refractivity contribution is 6.35. The molecule has 1 unspecified atom stereocenters. The van der Waals surface area contributed by atoms with Crippen molar-refractivity contribution in [2.24, 2.45) is 5.92 Å². The molecule has 3 rings (SSSR count). The van der Waals surface area contributed by atoms with Gasteiger partial charge in [0.2, 0.25) is 5.91 Å². The van der Waals surface area contributed by atoms with Crippen LogP contribution in [-0.2, 0) is 16.1 Å². The summed E-state index contributed by atoms with van der Waals surface area (Å²) in [6.07, 6.45) is 1.99. The molecular weight excluding hydrogens is 335 g/mol. The van der Waals surface area contributed by atoms with Crippen molar-refractivity contribution in [2.45, 2.75) is 19.4 Å². The van der Waals surface area contributed by atoms with Crippen LogP contribution in [0.5, 0.6) is 0 Å². The van der Waals surface area contributed by atoms with Crippen LogP contribution >= 0.6 is 23.2 Å². The van der Waals surface area contributed by atoms with Crippen LogP contribution < -0.4 is 0 Å². The minimum atomic E-state index is 0.0723. The molecule has 2 aliphatic heterocycles. The summed E-state index contributed by atoms with van der Waals surface area (Å²) in [5, 5.41) is 1.39. The van der Waals surface area contributed by atoms with Crippen molar-refractivity contribution in [3.05, 3.63) is 33.8 Å². The Kier molecular flexibility index (Phi) is 5.81. The number of rotatable bonds is 3. The van der Waals surface area contributed by atoms with Crippen LogP contribution in [0.2, 0.25) is 10.0 Å². The summed E-state index contributed by atoms with van der Waals surface area (Å²) in [6.45, 7) is 5.18. The first-order chi connectivity index (χ1) is 11.1. The highest BCUT2D eigenvalue weighted by Crippen LogP contribution is 2.28. The molecule has 2 aliphatic rings. The molecule has 2 heterocycles. The van der Waals surface area contributed by atoms with Gasteiger partial charge in [-0.3, -0.25) is 9.69 Å². The lowest BCUT2D eigenvalue weighted by Gasteiger charge is -2.36. The fourth-order valence-corrected chi connectivity index (χ4v) is 3.87. The maximum Gasteiger partial charge on any atom is 0.227 e. The number of hydrogen-bond acceptors (Lipinski definition) is 3. The van der Waals surface area contributed by atoms with E-state index in [1.54, 1.807) is 0 Å². The molecule has 1 aromatic rings. The summed E-state index contributed by atoms with van der Waals surface area (Å²) in [6, 6.07) is 5.58.